The molecule has 1 heterocycles. The van der Waals surface area contributed by atoms with E-state index >= 15 is 0 Å². The zero-order chi connectivity index (χ0) is 18.6. The molecular formula is C22H24N2O2S. The molecule has 1 aliphatic heterocycles. The number of fused-ring (bicyclic) bond motifs is 1. The number of anilines is 1. The maximum atomic E-state index is 12.5. The summed E-state index contributed by atoms with van der Waals surface area (Å²) in [7, 11) is 0. The highest BCUT2D eigenvalue weighted by atomic mass is 32.2. The van der Waals surface area contributed by atoms with Gasteiger partial charge in [-0.25, -0.2) is 0 Å². The summed E-state index contributed by atoms with van der Waals surface area (Å²) in [6.45, 7) is 0.529. The Kier molecular flexibility index (Phi) is 5.48. The van der Waals surface area contributed by atoms with E-state index < -0.39 is 0 Å². The van der Waals surface area contributed by atoms with E-state index in [1.54, 1.807) is 11.8 Å². The van der Waals surface area contributed by atoms with Gasteiger partial charge in [-0.15, -0.1) is 11.8 Å². The molecule has 0 radical (unpaired) electrons. The van der Waals surface area contributed by atoms with E-state index in [2.05, 4.69) is 11.4 Å². The minimum absolute atomic E-state index is 0.00393. The monoisotopic (exact) mass is 380 g/mol. The molecule has 2 aromatic carbocycles. The Balaban J connectivity index is 1.43. The smallest absolute Gasteiger partial charge is 0.251 e. The van der Waals surface area contributed by atoms with Crippen LogP contribution in [0.3, 0.4) is 0 Å². The fourth-order valence-electron chi connectivity index (χ4n) is 3.79. The quantitative estimate of drug-likeness (QED) is 0.856. The number of para-hydroxylation sites is 1. The maximum absolute atomic E-state index is 12.5. The van der Waals surface area contributed by atoms with Gasteiger partial charge in [0, 0.05) is 16.5 Å². The lowest BCUT2D eigenvalue weighted by Crippen LogP contribution is -2.36. The molecule has 5 heteroatoms. The van der Waals surface area contributed by atoms with Crippen molar-refractivity contribution in [1.29, 1.82) is 0 Å². The highest BCUT2D eigenvalue weighted by Gasteiger charge is 2.24. The third kappa shape index (κ3) is 4.19. The number of thioether (sulfide) groups is 1. The van der Waals surface area contributed by atoms with Crippen LogP contribution in [0.15, 0.2) is 53.4 Å². The van der Waals surface area contributed by atoms with Gasteiger partial charge in [-0.05, 0) is 42.7 Å². The number of nitrogens with zero attached hydrogens (tertiary/aromatic N) is 1. The van der Waals surface area contributed by atoms with Gasteiger partial charge in [-0.2, -0.15) is 0 Å². The largest absolute Gasteiger partial charge is 0.349 e. The summed E-state index contributed by atoms with van der Waals surface area (Å²) < 4.78 is 0. The van der Waals surface area contributed by atoms with E-state index in [-0.39, 0.29) is 11.8 Å². The van der Waals surface area contributed by atoms with Crippen LogP contribution >= 0.6 is 11.8 Å². The molecule has 2 aromatic rings. The molecule has 1 saturated carbocycles. The third-order valence-corrected chi connectivity index (χ3v) is 6.35. The molecule has 0 bridgehead atoms. The highest BCUT2D eigenvalue weighted by molar-refractivity contribution is 8.00. The van der Waals surface area contributed by atoms with Crippen LogP contribution < -0.4 is 10.2 Å². The van der Waals surface area contributed by atoms with Gasteiger partial charge < -0.3 is 10.2 Å². The first kappa shape index (κ1) is 18.1. The second kappa shape index (κ2) is 8.17. The topological polar surface area (TPSA) is 49.4 Å². The van der Waals surface area contributed by atoms with Gasteiger partial charge in [-0.1, -0.05) is 43.5 Å². The van der Waals surface area contributed by atoms with Crippen LogP contribution in [0.5, 0.6) is 0 Å². The standard InChI is InChI=1S/C22H24N2O2S/c25-21-15-27-20-9-5-4-8-19(20)24(21)14-16-10-12-17(13-11-16)22(26)23-18-6-2-1-3-7-18/h4-5,8-13,18H,1-3,6-7,14-15H2,(H,23,26). The van der Waals surface area contributed by atoms with Gasteiger partial charge in [-0.3, -0.25) is 9.59 Å². The Morgan fingerprint density at radius 2 is 1.78 bits per heavy atom. The molecule has 0 spiro atoms. The molecule has 0 saturated heterocycles. The number of carbonyl (C=O) groups excluding carboxylic acids is 2. The summed E-state index contributed by atoms with van der Waals surface area (Å²) in [5.74, 6) is 0.598. The van der Waals surface area contributed by atoms with Crippen molar-refractivity contribution in [2.24, 2.45) is 0 Å². The van der Waals surface area contributed by atoms with Crippen molar-refractivity contribution >= 4 is 29.3 Å². The van der Waals surface area contributed by atoms with E-state index in [9.17, 15) is 9.59 Å². The Labute approximate surface area is 164 Å². The van der Waals surface area contributed by atoms with Crippen LogP contribution in [0.2, 0.25) is 0 Å². The molecule has 2 amide bonds. The number of amides is 2. The molecule has 4 rings (SSSR count). The van der Waals surface area contributed by atoms with Gasteiger partial charge in [0.2, 0.25) is 5.91 Å². The molecule has 1 N–H and O–H groups in total. The zero-order valence-electron chi connectivity index (χ0n) is 15.3. The molecular weight excluding hydrogens is 356 g/mol. The molecule has 27 heavy (non-hydrogen) atoms. The van der Waals surface area contributed by atoms with Crippen molar-refractivity contribution in [2.45, 2.75) is 49.6 Å². The number of benzene rings is 2. The second-order valence-corrected chi connectivity index (χ2v) is 8.26. The maximum Gasteiger partial charge on any atom is 0.251 e. The summed E-state index contributed by atoms with van der Waals surface area (Å²) in [5, 5.41) is 3.15. The summed E-state index contributed by atoms with van der Waals surface area (Å²) >= 11 is 1.59. The predicted octanol–water partition coefficient (Wildman–Crippen LogP) is 4.39. The number of nitrogens with one attached hydrogen (secondary N) is 1. The third-order valence-electron chi connectivity index (χ3n) is 5.31. The van der Waals surface area contributed by atoms with Crippen molar-refractivity contribution in [3.63, 3.8) is 0 Å². The first-order chi connectivity index (χ1) is 13.2. The number of hydrogen-bond acceptors (Lipinski definition) is 3. The number of rotatable bonds is 4. The molecule has 0 unspecified atom stereocenters. The van der Waals surface area contributed by atoms with Gasteiger partial charge in [0.15, 0.2) is 0 Å². The van der Waals surface area contributed by atoms with Crippen LogP contribution in [0.1, 0.15) is 48.0 Å². The summed E-state index contributed by atoms with van der Waals surface area (Å²) in [5.41, 5.74) is 2.68. The van der Waals surface area contributed by atoms with E-state index in [4.69, 9.17) is 0 Å². The van der Waals surface area contributed by atoms with Crippen molar-refractivity contribution in [1.82, 2.24) is 5.32 Å². The second-order valence-electron chi connectivity index (χ2n) is 7.24. The summed E-state index contributed by atoms with van der Waals surface area (Å²) in [6, 6.07) is 15.9. The van der Waals surface area contributed by atoms with Crippen molar-refractivity contribution in [3.05, 3.63) is 59.7 Å². The van der Waals surface area contributed by atoms with Gasteiger partial charge in [0.25, 0.3) is 5.91 Å². The van der Waals surface area contributed by atoms with Gasteiger partial charge in [0.05, 0.1) is 18.0 Å². The molecule has 4 nitrogen and oxygen atoms in total. The molecule has 0 atom stereocenters. The summed E-state index contributed by atoms with van der Waals surface area (Å²) in [4.78, 5) is 27.8. The van der Waals surface area contributed by atoms with Crippen molar-refractivity contribution in [3.8, 4) is 0 Å². The lowest BCUT2D eigenvalue weighted by Gasteiger charge is -2.29. The lowest BCUT2D eigenvalue weighted by atomic mass is 9.95. The average molecular weight is 381 g/mol. The zero-order valence-corrected chi connectivity index (χ0v) is 16.1. The van der Waals surface area contributed by atoms with Gasteiger partial charge in [0.1, 0.15) is 0 Å². The number of hydrogen-bond donors (Lipinski definition) is 1. The van der Waals surface area contributed by atoms with Crippen LogP contribution in [0, 0.1) is 0 Å². The van der Waals surface area contributed by atoms with E-state index in [0.717, 1.165) is 29.0 Å². The van der Waals surface area contributed by atoms with Crippen LogP contribution in [0.4, 0.5) is 5.69 Å². The van der Waals surface area contributed by atoms with Crippen molar-refractivity contribution in [2.75, 3.05) is 10.7 Å². The minimum atomic E-state index is 0.00393. The van der Waals surface area contributed by atoms with Crippen LogP contribution in [-0.4, -0.2) is 23.6 Å². The normalized spacial score (nSPS) is 17.5. The molecule has 1 fully saturated rings. The van der Waals surface area contributed by atoms with E-state index in [1.165, 1.54) is 19.3 Å². The highest BCUT2D eigenvalue weighted by Crippen LogP contribution is 2.35. The fourth-order valence-corrected chi connectivity index (χ4v) is 4.72. The Hall–Kier alpha value is -2.27. The van der Waals surface area contributed by atoms with E-state index in [0.29, 0.717) is 23.9 Å². The first-order valence-electron chi connectivity index (χ1n) is 9.63. The Morgan fingerprint density at radius 1 is 1.04 bits per heavy atom. The van der Waals surface area contributed by atoms with Crippen molar-refractivity contribution < 1.29 is 9.59 Å². The van der Waals surface area contributed by atoms with E-state index in [1.807, 2.05) is 47.4 Å². The first-order valence-corrected chi connectivity index (χ1v) is 10.6. The van der Waals surface area contributed by atoms with Gasteiger partial charge >= 0.3 is 0 Å². The fraction of sp³-hybridized carbons (Fsp3) is 0.364. The SMILES string of the molecule is O=C(NC1CCCCC1)c1ccc(CN2C(=O)CSc3ccccc32)cc1. The van der Waals surface area contributed by atoms with Crippen LogP contribution in [-0.2, 0) is 11.3 Å². The molecule has 2 aliphatic rings. The Morgan fingerprint density at radius 3 is 2.56 bits per heavy atom. The number of carbonyl (C=O) groups is 2. The molecule has 0 aromatic heterocycles. The predicted molar refractivity (Wildman–Crippen MR) is 109 cm³/mol. The average Bonchev–Trinajstić information content (AvgIpc) is 2.71. The van der Waals surface area contributed by atoms with Crippen LogP contribution in [0.25, 0.3) is 0 Å². The summed E-state index contributed by atoms with van der Waals surface area (Å²) in [6.07, 6.45) is 5.84. The molecule has 140 valence electrons. The Bertz CT molecular complexity index is 828. The minimum Gasteiger partial charge on any atom is -0.349 e. The molecule has 1 aliphatic carbocycles. The lowest BCUT2D eigenvalue weighted by molar-refractivity contribution is -0.116.